The highest BCUT2D eigenvalue weighted by atomic mass is 19.4. The molecule has 9 heteroatoms. The van der Waals surface area contributed by atoms with Crippen molar-refractivity contribution in [3.63, 3.8) is 0 Å². The van der Waals surface area contributed by atoms with Crippen LogP contribution in [0.4, 0.5) is 26.3 Å². The van der Waals surface area contributed by atoms with Crippen LogP contribution in [0.2, 0.25) is 0 Å². The standard InChI is InChI=1S/C26H20F6O3/c27-25(28,29)20-11-17(12-21(13-20)26(30,31)32)15-34-16-24(19-9-5-2-6-10-19)14-22(35-23(24)33)18-7-3-1-4-8-18/h1-13,22H,14-16H2/t22?,24-/m0/s1. The summed E-state index contributed by atoms with van der Waals surface area (Å²) in [5, 5.41) is 0. The van der Waals surface area contributed by atoms with Gasteiger partial charge in [0.15, 0.2) is 0 Å². The van der Waals surface area contributed by atoms with Gasteiger partial charge in [-0.2, -0.15) is 26.3 Å². The van der Waals surface area contributed by atoms with Crippen molar-refractivity contribution < 1.29 is 40.6 Å². The second-order valence-corrected chi connectivity index (χ2v) is 8.36. The van der Waals surface area contributed by atoms with Crippen molar-refractivity contribution in [2.24, 2.45) is 0 Å². The van der Waals surface area contributed by atoms with Crippen molar-refractivity contribution >= 4 is 5.97 Å². The average molecular weight is 494 g/mol. The second kappa shape index (κ2) is 9.37. The first kappa shape index (κ1) is 24.8. The van der Waals surface area contributed by atoms with Crippen molar-refractivity contribution in [2.75, 3.05) is 6.61 Å². The predicted molar refractivity (Wildman–Crippen MR) is 114 cm³/mol. The molecule has 1 fully saturated rings. The molecule has 0 amide bonds. The van der Waals surface area contributed by atoms with E-state index in [2.05, 4.69) is 0 Å². The minimum Gasteiger partial charge on any atom is -0.457 e. The average Bonchev–Trinajstić information content (AvgIpc) is 3.16. The second-order valence-electron chi connectivity index (χ2n) is 8.36. The molecule has 4 rings (SSSR count). The third kappa shape index (κ3) is 5.35. The van der Waals surface area contributed by atoms with Gasteiger partial charge in [0.2, 0.25) is 0 Å². The number of hydrogen-bond acceptors (Lipinski definition) is 3. The Balaban J connectivity index is 1.60. The van der Waals surface area contributed by atoms with Gasteiger partial charge in [0.1, 0.15) is 11.5 Å². The lowest BCUT2D eigenvalue weighted by atomic mass is 9.78. The number of cyclic esters (lactones) is 1. The van der Waals surface area contributed by atoms with Crippen LogP contribution in [0.25, 0.3) is 0 Å². The molecule has 0 saturated carbocycles. The van der Waals surface area contributed by atoms with E-state index in [0.29, 0.717) is 17.7 Å². The molecular formula is C26H20F6O3. The lowest BCUT2D eigenvalue weighted by molar-refractivity contribution is -0.147. The molecule has 1 unspecified atom stereocenters. The summed E-state index contributed by atoms with van der Waals surface area (Å²) in [4.78, 5) is 13.1. The van der Waals surface area contributed by atoms with Gasteiger partial charge in [0, 0.05) is 6.42 Å². The number of carbonyl (C=O) groups excluding carboxylic acids is 1. The molecule has 1 aliphatic heterocycles. The number of benzene rings is 3. The van der Waals surface area contributed by atoms with E-state index in [1.54, 1.807) is 54.6 Å². The molecule has 3 aromatic carbocycles. The summed E-state index contributed by atoms with van der Waals surface area (Å²) >= 11 is 0. The Morgan fingerprint density at radius 3 is 1.91 bits per heavy atom. The Labute approximate surface area is 197 Å². The zero-order chi connectivity index (χ0) is 25.3. The summed E-state index contributed by atoms with van der Waals surface area (Å²) < 4.78 is 90.3. The first-order valence-corrected chi connectivity index (χ1v) is 10.7. The Morgan fingerprint density at radius 1 is 0.829 bits per heavy atom. The number of rotatable bonds is 6. The Kier molecular flexibility index (Phi) is 6.64. The summed E-state index contributed by atoms with van der Waals surface area (Å²) in [6.07, 6.45) is -10.3. The topological polar surface area (TPSA) is 35.5 Å². The number of hydrogen-bond donors (Lipinski definition) is 0. The molecule has 0 bridgehead atoms. The van der Waals surface area contributed by atoms with Crippen molar-refractivity contribution in [3.8, 4) is 0 Å². The van der Waals surface area contributed by atoms with Crippen molar-refractivity contribution in [3.05, 3.63) is 107 Å². The van der Waals surface area contributed by atoms with Crippen LogP contribution in [-0.2, 0) is 38.6 Å². The fraction of sp³-hybridized carbons (Fsp3) is 0.269. The molecule has 184 valence electrons. The zero-order valence-corrected chi connectivity index (χ0v) is 18.2. The van der Waals surface area contributed by atoms with E-state index in [-0.39, 0.29) is 24.7 Å². The van der Waals surface area contributed by atoms with Crippen LogP contribution in [0.1, 0.15) is 40.3 Å². The van der Waals surface area contributed by atoms with Gasteiger partial charge in [0.05, 0.1) is 24.3 Å². The number of esters is 1. The summed E-state index contributed by atoms with van der Waals surface area (Å²) in [7, 11) is 0. The van der Waals surface area contributed by atoms with Crippen molar-refractivity contribution in [1.82, 2.24) is 0 Å². The van der Waals surface area contributed by atoms with Crippen LogP contribution in [0, 0.1) is 0 Å². The van der Waals surface area contributed by atoms with Gasteiger partial charge in [-0.05, 0) is 34.9 Å². The van der Waals surface area contributed by atoms with Gasteiger partial charge in [-0.15, -0.1) is 0 Å². The lowest BCUT2D eigenvalue weighted by Gasteiger charge is -2.25. The third-order valence-electron chi connectivity index (χ3n) is 5.94. The SMILES string of the molecule is O=C1OC(c2ccccc2)C[C@]1(COCc1cc(C(F)(F)F)cc(C(F)(F)F)c1)c1ccccc1. The van der Waals surface area contributed by atoms with E-state index in [1.807, 2.05) is 6.07 Å². The van der Waals surface area contributed by atoms with E-state index in [4.69, 9.17) is 9.47 Å². The van der Waals surface area contributed by atoms with Crippen molar-refractivity contribution in [2.45, 2.75) is 36.9 Å². The van der Waals surface area contributed by atoms with Crippen LogP contribution in [-0.4, -0.2) is 12.6 Å². The zero-order valence-electron chi connectivity index (χ0n) is 18.2. The largest absolute Gasteiger partial charge is 0.457 e. The van der Waals surface area contributed by atoms with E-state index < -0.39 is 47.6 Å². The number of halogens is 6. The molecule has 1 aliphatic rings. The highest BCUT2D eigenvalue weighted by molar-refractivity contribution is 5.85. The molecule has 3 aromatic rings. The Morgan fingerprint density at radius 2 is 1.37 bits per heavy atom. The summed E-state index contributed by atoms with van der Waals surface area (Å²) in [5.41, 5.74) is -3.06. The van der Waals surface area contributed by atoms with E-state index >= 15 is 0 Å². The Hall–Kier alpha value is -3.33. The molecule has 2 atom stereocenters. The van der Waals surface area contributed by atoms with Crippen LogP contribution in [0.15, 0.2) is 78.9 Å². The number of ether oxygens (including phenoxy) is 2. The fourth-order valence-electron chi connectivity index (χ4n) is 4.18. The van der Waals surface area contributed by atoms with Gasteiger partial charge >= 0.3 is 18.3 Å². The van der Waals surface area contributed by atoms with Gasteiger partial charge < -0.3 is 9.47 Å². The van der Waals surface area contributed by atoms with E-state index in [0.717, 1.165) is 5.56 Å². The summed E-state index contributed by atoms with van der Waals surface area (Å²) in [5.74, 6) is -0.572. The predicted octanol–water partition coefficient (Wildman–Crippen LogP) is 6.87. The molecule has 0 aromatic heterocycles. The molecule has 3 nitrogen and oxygen atoms in total. The highest BCUT2D eigenvalue weighted by Crippen LogP contribution is 2.45. The molecule has 0 aliphatic carbocycles. The van der Waals surface area contributed by atoms with Gasteiger partial charge in [-0.1, -0.05) is 60.7 Å². The lowest BCUT2D eigenvalue weighted by Crippen LogP contribution is -2.36. The molecule has 1 saturated heterocycles. The van der Waals surface area contributed by atoms with Gasteiger partial charge in [-0.25, -0.2) is 0 Å². The molecule has 1 heterocycles. The third-order valence-corrected chi connectivity index (χ3v) is 5.94. The maximum atomic E-state index is 13.2. The quantitative estimate of drug-likeness (QED) is 0.277. The normalized spacial score (nSPS) is 20.6. The first-order valence-electron chi connectivity index (χ1n) is 10.7. The summed E-state index contributed by atoms with van der Waals surface area (Å²) in [6.45, 7) is -0.832. The van der Waals surface area contributed by atoms with E-state index in [1.165, 1.54) is 0 Å². The molecule has 0 spiro atoms. The van der Waals surface area contributed by atoms with Crippen molar-refractivity contribution in [1.29, 1.82) is 0 Å². The van der Waals surface area contributed by atoms with Crippen LogP contribution < -0.4 is 0 Å². The molecule has 0 N–H and O–H groups in total. The summed E-state index contributed by atoms with van der Waals surface area (Å²) in [6, 6.07) is 19.0. The first-order chi connectivity index (χ1) is 16.5. The fourth-order valence-corrected chi connectivity index (χ4v) is 4.18. The smallest absolute Gasteiger partial charge is 0.416 e. The number of carbonyl (C=O) groups is 1. The van der Waals surface area contributed by atoms with Gasteiger partial charge in [0.25, 0.3) is 0 Å². The maximum absolute atomic E-state index is 13.2. The van der Waals surface area contributed by atoms with Crippen LogP contribution in [0.5, 0.6) is 0 Å². The maximum Gasteiger partial charge on any atom is 0.416 e. The molecule has 35 heavy (non-hydrogen) atoms. The molecular weight excluding hydrogens is 474 g/mol. The molecule has 0 radical (unpaired) electrons. The van der Waals surface area contributed by atoms with Crippen LogP contribution in [0.3, 0.4) is 0 Å². The van der Waals surface area contributed by atoms with E-state index in [9.17, 15) is 31.1 Å². The minimum atomic E-state index is -4.96. The highest BCUT2D eigenvalue weighted by Gasteiger charge is 2.51. The Bertz CT molecular complexity index is 1140. The number of alkyl halides is 6. The van der Waals surface area contributed by atoms with Crippen LogP contribution >= 0.6 is 0 Å². The van der Waals surface area contributed by atoms with Gasteiger partial charge in [-0.3, -0.25) is 4.79 Å². The minimum absolute atomic E-state index is 0.0632. The monoisotopic (exact) mass is 494 g/mol.